The third-order valence-electron chi connectivity index (χ3n) is 2.70. The highest BCUT2D eigenvalue weighted by Crippen LogP contribution is 2.12. The van der Waals surface area contributed by atoms with E-state index in [4.69, 9.17) is 9.57 Å². The molecule has 0 aromatic carbocycles. The third kappa shape index (κ3) is 7.13. The van der Waals surface area contributed by atoms with E-state index in [1.807, 2.05) is 13.0 Å². The van der Waals surface area contributed by atoms with E-state index in [9.17, 15) is 4.79 Å². The minimum absolute atomic E-state index is 0.0559. The standard InChI is InChI=1S/C13H23NO3/c1-2-3-4-5-6-9-12(15)14-17-13-10-7-8-11-16-13/h2-3,13H,4-11H2,1H3,(H,14,15)/b3-2+. The first-order chi connectivity index (χ1) is 8.33. The van der Waals surface area contributed by atoms with Crippen LogP contribution in [0.1, 0.15) is 51.9 Å². The van der Waals surface area contributed by atoms with Gasteiger partial charge in [-0.2, -0.15) is 0 Å². The smallest absolute Gasteiger partial charge is 0.243 e. The molecule has 1 aliphatic rings. The SMILES string of the molecule is C/C=C/CCCCC(=O)NOC1CCCCO1. The van der Waals surface area contributed by atoms with Gasteiger partial charge in [-0.15, -0.1) is 0 Å². The van der Waals surface area contributed by atoms with Crippen molar-refractivity contribution in [2.75, 3.05) is 6.61 Å². The van der Waals surface area contributed by atoms with Crippen LogP contribution in [0.4, 0.5) is 0 Å². The molecule has 0 spiro atoms. The van der Waals surface area contributed by atoms with E-state index in [-0.39, 0.29) is 12.2 Å². The van der Waals surface area contributed by atoms with Crippen LogP contribution in [0.3, 0.4) is 0 Å². The van der Waals surface area contributed by atoms with Gasteiger partial charge in [0.05, 0.1) is 0 Å². The van der Waals surface area contributed by atoms with Gasteiger partial charge in [0.15, 0.2) is 6.29 Å². The minimum Gasteiger partial charge on any atom is -0.350 e. The number of allylic oxidation sites excluding steroid dienone is 2. The van der Waals surface area contributed by atoms with Crippen molar-refractivity contribution in [3.8, 4) is 0 Å². The number of hydroxylamine groups is 1. The molecule has 1 unspecified atom stereocenters. The zero-order valence-electron chi connectivity index (χ0n) is 10.6. The molecular weight excluding hydrogens is 218 g/mol. The number of nitrogens with one attached hydrogen (secondary N) is 1. The van der Waals surface area contributed by atoms with Gasteiger partial charge in [-0.3, -0.25) is 4.79 Å². The number of carbonyl (C=O) groups excluding carboxylic acids is 1. The first kappa shape index (κ1) is 14.2. The van der Waals surface area contributed by atoms with Crippen molar-refractivity contribution in [3.63, 3.8) is 0 Å². The molecule has 0 radical (unpaired) electrons. The fourth-order valence-electron chi connectivity index (χ4n) is 1.70. The lowest BCUT2D eigenvalue weighted by Gasteiger charge is -2.22. The maximum absolute atomic E-state index is 11.4. The van der Waals surface area contributed by atoms with Crippen LogP contribution in [0.25, 0.3) is 0 Å². The van der Waals surface area contributed by atoms with Crippen LogP contribution in [-0.2, 0) is 14.4 Å². The van der Waals surface area contributed by atoms with Crippen molar-refractivity contribution in [3.05, 3.63) is 12.2 Å². The summed E-state index contributed by atoms with van der Waals surface area (Å²) in [6.45, 7) is 2.73. The summed E-state index contributed by atoms with van der Waals surface area (Å²) in [7, 11) is 0. The number of rotatable bonds is 7. The Hall–Kier alpha value is -0.870. The molecule has 0 saturated carbocycles. The zero-order valence-corrected chi connectivity index (χ0v) is 10.6. The molecule has 0 aliphatic carbocycles. The van der Waals surface area contributed by atoms with E-state index in [1.54, 1.807) is 0 Å². The maximum Gasteiger partial charge on any atom is 0.243 e. The molecule has 1 rings (SSSR count). The number of ether oxygens (including phenoxy) is 1. The normalized spacial score (nSPS) is 20.6. The second kappa shape index (κ2) is 9.19. The van der Waals surface area contributed by atoms with Crippen molar-refractivity contribution in [1.29, 1.82) is 0 Å². The van der Waals surface area contributed by atoms with Crippen molar-refractivity contribution >= 4 is 5.91 Å². The van der Waals surface area contributed by atoms with Crippen LogP contribution in [0.2, 0.25) is 0 Å². The summed E-state index contributed by atoms with van der Waals surface area (Å²) in [5.74, 6) is -0.0559. The average molecular weight is 241 g/mol. The number of amides is 1. The van der Waals surface area contributed by atoms with Gasteiger partial charge in [0.1, 0.15) is 0 Å². The largest absolute Gasteiger partial charge is 0.350 e. The van der Waals surface area contributed by atoms with Gasteiger partial charge in [0.25, 0.3) is 0 Å². The summed E-state index contributed by atoms with van der Waals surface area (Å²) in [4.78, 5) is 16.6. The summed E-state index contributed by atoms with van der Waals surface area (Å²) in [5, 5.41) is 0. The van der Waals surface area contributed by atoms with Crippen molar-refractivity contribution in [1.82, 2.24) is 5.48 Å². The molecule has 1 heterocycles. The molecule has 4 heteroatoms. The van der Waals surface area contributed by atoms with Gasteiger partial charge in [-0.05, 0) is 39.0 Å². The highest BCUT2D eigenvalue weighted by molar-refractivity contribution is 5.74. The molecule has 4 nitrogen and oxygen atoms in total. The Kier molecular flexibility index (Phi) is 7.67. The van der Waals surface area contributed by atoms with E-state index < -0.39 is 0 Å². The predicted octanol–water partition coefficient (Wildman–Crippen LogP) is 2.70. The maximum atomic E-state index is 11.4. The second-order valence-electron chi connectivity index (χ2n) is 4.25. The topological polar surface area (TPSA) is 47.6 Å². The molecule has 0 bridgehead atoms. The highest BCUT2D eigenvalue weighted by Gasteiger charge is 2.15. The fourth-order valence-corrected chi connectivity index (χ4v) is 1.70. The van der Waals surface area contributed by atoms with Crippen molar-refractivity contribution in [2.45, 2.75) is 58.2 Å². The number of unbranched alkanes of at least 4 members (excludes halogenated alkanes) is 2. The number of hydrogen-bond acceptors (Lipinski definition) is 3. The summed E-state index contributed by atoms with van der Waals surface area (Å²) >= 11 is 0. The van der Waals surface area contributed by atoms with Crippen molar-refractivity contribution < 1.29 is 14.4 Å². The van der Waals surface area contributed by atoms with Gasteiger partial charge >= 0.3 is 0 Å². The Morgan fingerprint density at radius 2 is 2.35 bits per heavy atom. The molecule has 1 N–H and O–H groups in total. The van der Waals surface area contributed by atoms with Gasteiger partial charge in [-0.1, -0.05) is 12.2 Å². The van der Waals surface area contributed by atoms with E-state index in [2.05, 4.69) is 11.6 Å². The minimum atomic E-state index is -0.254. The Bertz CT molecular complexity index is 235. The molecular formula is C13H23NO3. The zero-order chi connectivity index (χ0) is 12.3. The van der Waals surface area contributed by atoms with Crippen LogP contribution in [0, 0.1) is 0 Å². The van der Waals surface area contributed by atoms with Gasteiger partial charge in [-0.25, -0.2) is 10.3 Å². The molecule has 17 heavy (non-hydrogen) atoms. The van der Waals surface area contributed by atoms with Crippen LogP contribution in [0.15, 0.2) is 12.2 Å². The van der Waals surface area contributed by atoms with Gasteiger partial charge in [0, 0.05) is 19.4 Å². The second-order valence-corrected chi connectivity index (χ2v) is 4.25. The highest BCUT2D eigenvalue weighted by atomic mass is 16.8. The lowest BCUT2D eigenvalue weighted by molar-refractivity contribution is -0.200. The van der Waals surface area contributed by atoms with E-state index in [1.165, 1.54) is 0 Å². The molecule has 0 aromatic rings. The monoisotopic (exact) mass is 241 g/mol. The molecule has 1 atom stereocenters. The van der Waals surface area contributed by atoms with Gasteiger partial charge in [0.2, 0.25) is 5.91 Å². The summed E-state index contributed by atoms with van der Waals surface area (Å²) in [6.07, 6.45) is 10.4. The fraction of sp³-hybridized carbons (Fsp3) is 0.769. The Morgan fingerprint density at radius 1 is 1.47 bits per heavy atom. The van der Waals surface area contributed by atoms with Crippen molar-refractivity contribution in [2.24, 2.45) is 0 Å². The molecule has 1 saturated heterocycles. The average Bonchev–Trinajstić information content (AvgIpc) is 2.37. The summed E-state index contributed by atoms with van der Waals surface area (Å²) in [6, 6.07) is 0. The van der Waals surface area contributed by atoms with Crippen LogP contribution in [0.5, 0.6) is 0 Å². The molecule has 1 amide bonds. The Balaban J connectivity index is 1.96. The van der Waals surface area contributed by atoms with E-state index >= 15 is 0 Å². The predicted molar refractivity (Wildman–Crippen MR) is 66.1 cm³/mol. The molecule has 0 aromatic heterocycles. The quantitative estimate of drug-likeness (QED) is 0.423. The number of carbonyl (C=O) groups is 1. The summed E-state index contributed by atoms with van der Waals surface area (Å²) < 4.78 is 5.34. The molecule has 98 valence electrons. The summed E-state index contributed by atoms with van der Waals surface area (Å²) in [5.41, 5.74) is 2.46. The van der Waals surface area contributed by atoms with Crippen LogP contribution >= 0.6 is 0 Å². The van der Waals surface area contributed by atoms with E-state index in [0.717, 1.165) is 45.1 Å². The Labute approximate surface area is 103 Å². The van der Waals surface area contributed by atoms with Gasteiger partial charge < -0.3 is 4.74 Å². The van der Waals surface area contributed by atoms with E-state index in [0.29, 0.717) is 6.42 Å². The first-order valence-electron chi connectivity index (χ1n) is 6.50. The lowest BCUT2D eigenvalue weighted by Crippen LogP contribution is -2.32. The molecule has 1 aliphatic heterocycles. The molecule has 1 fully saturated rings. The van der Waals surface area contributed by atoms with Crippen LogP contribution < -0.4 is 5.48 Å². The third-order valence-corrected chi connectivity index (χ3v) is 2.70. The first-order valence-corrected chi connectivity index (χ1v) is 6.50. The Morgan fingerprint density at radius 3 is 3.06 bits per heavy atom. The number of hydrogen-bond donors (Lipinski definition) is 1. The van der Waals surface area contributed by atoms with Crippen LogP contribution in [-0.4, -0.2) is 18.8 Å². The lowest BCUT2D eigenvalue weighted by atomic mass is 10.2.